The van der Waals surface area contributed by atoms with E-state index in [1.165, 1.54) is 0 Å². The van der Waals surface area contributed by atoms with E-state index in [1.54, 1.807) is 25.2 Å². The number of benzene rings is 1. The van der Waals surface area contributed by atoms with Gasteiger partial charge in [0.15, 0.2) is 0 Å². The molecule has 1 N–H and O–H groups in total. The van der Waals surface area contributed by atoms with Gasteiger partial charge in [-0.2, -0.15) is 0 Å². The van der Waals surface area contributed by atoms with E-state index in [-0.39, 0.29) is 30.8 Å². The molecule has 0 radical (unpaired) electrons. The third kappa shape index (κ3) is 3.18. The highest BCUT2D eigenvalue weighted by molar-refractivity contribution is 7.18. The number of urea groups is 1. The summed E-state index contributed by atoms with van der Waals surface area (Å²) in [6, 6.07) is 7.52. The largest absolute Gasteiger partial charge is 0.333 e. The molecule has 2 aliphatic rings. The van der Waals surface area contributed by atoms with E-state index in [1.807, 2.05) is 29.2 Å². The summed E-state index contributed by atoms with van der Waals surface area (Å²) in [6.45, 7) is 4.12. The number of likely N-dealkylation sites (tertiary alicyclic amines) is 1. The number of aromatic nitrogens is 1. The first kappa shape index (κ1) is 17.9. The van der Waals surface area contributed by atoms with Crippen LogP contribution in [0.5, 0.6) is 0 Å². The maximum absolute atomic E-state index is 12.8. The van der Waals surface area contributed by atoms with E-state index in [2.05, 4.69) is 5.32 Å². The number of nitrogens with zero attached hydrogens (tertiary/aromatic N) is 3. The molecule has 8 heteroatoms. The molecule has 1 aromatic heterocycles. The molecule has 7 nitrogen and oxygen atoms in total. The van der Waals surface area contributed by atoms with Crippen molar-refractivity contribution >= 4 is 39.4 Å². The Balaban J connectivity index is 1.45. The summed E-state index contributed by atoms with van der Waals surface area (Å²) < 4.78 is 1.12. The van der Waals surface area contributed by atoms with Crippen LogP contribution < -0.4 is 5.32 Å². The van der Waals surface area contributed by atoms with Crippen LogP contribution in [0.4, 0.5) is 4.79 Å². The van der Waals surface area contributed by atoms with Crippen molar-refractivity contribution in [2.24, 2.45) is 0 Å². The van der Waals surface area contributed by atoms with Crippen molar-refractivity contribution in [3.8, 4) is 0 Å². The second kappa shape index (κ2) is 6.60. The van der Waals surface area contributed by atoms with E-state index in [4.69, 9.17) is 4.98 Å². The minimum atomic E-state index is -0.905. The van der Waals surface area contributed by atoms with Gasteiger partial charge in [-0.05, 0) is 38.8 Å². The zero-order valence-corrected chi connectivity index (χ0v) is 16.2. The molecule has 0 saturated carbocycles. The zero-order valence-electron chi connectivity index (χ0n) is 15.4. The molecule has 2 aromatic rings. The number of fused-ring (bicyclic) bond motifs is 1. The van der Waals surface area contributed by atoms with Crippen LogP contribution in [0.1, 0.15) is 44.2 Å². The molecule has 1 unspecified atom stereocenters. The molecule has 1 aromatic carbocycles. The van der Waals surface area contributed by atoms with Crippen molar-refractivity contribution in [3.05, 3.63) is 29.3 Å². The number of amides is 4. The molecular weight excluding hydrogens is 364 g/mol. The minimum Gasteiger partial charge on any atom is -0.333 e. The Morgan fingerprint density at radius 1 is 1.33 bits per heavy atom. The molecule has 1 atom stereocenters. The van der Waals surface area contributed by atoms with Crippen molar-refractivity contribution < 1.29 is 14.4 Å². The highest BCUT2D eigenvalue weighted by Crippen LogP contribution is 2.36. The van der Waals surface area contributed by atoms with Gasteiger partial charge in [-0.1, -0.05) is 12.1 Å². The van der Waals surface area contributed by atoms with Crippen molar-refractivity contribution in [1.82, 2.24) is 20.1 Å². The number of hydrogen-bond donors (Lipinski definition) is 1. The molecule has 142 valence electrons. The Hall–Kier alpha value is -2.48. The SMILES string of the molecule is CC1(C)NC(=O)N(CCC(=O)N2CCCC2c2nc3ccccc3s2)C1=O. The Bertz CT molecular complexity index is 890. The number of hydrogen-bond acceptors (Lipinski definition) is 5. The predicted molar refractivity (Wildman–Crippen MR) is 102 cm³/mol. The van der Waals surface area contributed by atoms with Crippen molar-refractivity contribution in [1.29, 1.82) is 0 Å². The summed E-state index contributed by atoms with van der Waals surface area (Å²) in [5.74, 6) is -0.327. The van der Waals surface area contributed by atoms with Gasteiger partial charge in [0.2, 0.25) is 5.91 Å². The van der Waals surface area contributed by atoms with Crippen LogP contribution in [-0.4, -0.2) is 51.3 Å². The summed E-state index contributed by atoms with van der Waals surface area (Å²) in [7, 11) is 0. The second-order valence-electron chi connectivity index (χ2n) is 7.53. The fourth-order valence-electron chi connectivity index (χ4n) is 3.73. The lowest BCUT2D eigenvalue weighted by atomic mass is 10.1. The van der Waals surface area contributed by atoms with Gasteiger partial charge in [0.1, 0.15) is 10.5 Å². The van der Waals surface area contributed by atoms with Crippen molar-refractivity contribution in [2.75, 3.05) is 13.1 Å². The molecule has 4 rings (SSSR count). The van der Waals surface area contributed by atoms with Crippen LogP contribution in [0.3, 0.4) is 0 Å². The van der Waals surface area contributed by atoms with Crippen LogP contribution in [0.2, 0.25) is 0 Å². The quantitative estimate of drug-likeness (QED) is 0.819. The Kier molecular flexibility index (Phi) is 4.38. The molecule has 2 aliphatic heterocycles. The number of nitrogens with one attached hydrogen (secondary N) is 1. The molecule has 27 heavy (non-hydrogen) atoms. The van der Waals surface area contributed by atoms with E-state index in [9.17, 15) is 14.4 Å². The van der Waals surface area contributed by atoms with Crippen LogP contribution in [0.25, 0.3) is 10.2 Å². The Labute approximate surface area is 161 Å². The molecule has 3 heterocycles. The molecule has 2 fully saturated rings. The molecule has 0 aliphatic carbocycles. The van der Waals surface area contributed by atoms with E-state index in [0.29, 0.717) is 6.54 Å². The Morgan fingerprint density at radius 2 is 2.11 bits per heavy atom. The number of carbonyl (C=O) groups is 3. The van der Waals surface area contributed by atoms with Gasteiger partial charge in [0, 0.05) is 19.5 Å². The normalized spacial score (nSPS) is 21.9. The van der Waals surface area contributed by atoms with Gasteiger partial charge in [0.25, 0.3) is 5.91 Å². The van der Waals surface area contributed by atoms with Gasteiger partial charge in [-0.25, -0.2) is 9.78 Å². The predicted octanol–water partition coefficient (Wildman–Crippen LogP) is 2.68. The topological polar surface area (TPSA) is 82.6 Å². The lowest BCUT2D eigenvalue weighted by molar-refractivity contribution is -0.133. The highest BCUT2D eigenvalue weighted by atomic mass is 32.1. The van der Waals surface area contributed by atoms with Gasteiger partial charge in [-0.3, -0.25) is 14.5 Å². The van der Waals surface area contributed by atoms with E-state index >= 15 is 0 Å². The molecule has 0 spiro atoms. The molecule has 0 bridgehead atoms. The van der Waals surface area contributed by atoms with Gasteiger partial charge in [-0.15, -0.1) is 11.3 Å². The van der Waals surface area contributed by atoms with Gasteiger partial charge in [0.05, 0.1) is 16.3 Å². The van der Waals surface area contributed by atoms with Gasteiger partial charge >= 0.3 is 6.03 Å². The first-order valence-electron chi connectivity index (χ1n) is 9.16. The molecule has 4 amide bonds. The van der Waals surface area contributed by atoms with Crippen LogP contribution >= 0.6 is 11.3 Å². The zero-order chi connectivity index (χ0) is 19.2. The maximum Gasteiger partial charge on any atom is 0.325 e. The average Bonchev–Trinajstić information content (AvgIpc) is 3.30. The number of thiazole rings is 1. The summed E-state index contributed by atoms with van der Waals surface area (Å²) in [4.78, 5) is 44.7. The molecular formula is C19H22N4O3S. The fraction of sp³-hybridized carbons (Fsp3) is 0.474. The average molecular weight is 386 g/mol. The van der Waals surface area contributed by atoms with E-state index in [0.717, 1.165) is 33.0 Å². The first-order chi connectivity index (χ1) is 12.9. The third-order valence-corrected chi connectivity index (χ3v) is 6.30. The van der Waals surface area contributed by atoms with Gasteiger partial charge < -0.3 is 10.2 Å². The lowest BCUT2D eigenvalue weighted by Gasteiger charge is -2.24. The summed E-state index contributed by atoms with van der Waals surface area (Å²) in [5.41, 5.74) is 0.0514. The lowest BCUT2D eigenvalue weighted by Crippen LogP contribution is -2.41. The van der Waals surface area contributed by atoms with Crippen LogP contribution in [0.15, 0.2) is 24.3 Å². The van der Waals surface area contributed by atoms with Crippen molar-refractivity contribution in [2.45, 2.75) is 44.7 Å². The smallest absolute Gasteiger partial charge is 0.325 e. The summed E-state index contributed by atoms with van der Waals surface area (Å²) in [5, 5.41) is 3.60. The monoisotopic (exact) mass is 386 g/mol. The number of para-hydroxylation sites is 1. The minimum absolute atomic E-state index is 0.0190. The Morgan fingerprint density at radius 3 is 2.81 bits per heavy atom. The second-order valence-corrected chi connectivity index (χ2v) is 8.59. The number of rotatable bonds is 4. The number of imide groups is 1. The fourth-order valence-corrected chi connectivity index (χ4v) is 4.84. The van der Waals surface area contributed by atoms with Crippen LogP contribution in [0, 0.1) is 0 Å². The standard InChI is InChI=1S/C19H22N4O3S/c1-19(2)17(25)23(18(26)21-19)11-9-15(24)22-10-5-7-13(22)16-20-12-6-3-4-8-14(12)27-16/h3-4,6,8,13H,5,7,9-11H2,1-2H3,(H,21,26). The summed E-state index contributed by atoms with van der Waals surface area (Å²) in [6.07, 6.45) is 1.96. The van der Waals surface area contributed by atoms with Crippen molar-refractivity contribution in [3.63, 3.8) is 0 Å². The third-order valence-electron chi connectivity index (χ3n) is 5.16. The number of carbonyl (C=O) groups excluding carboxylic acids is 3. The molecule has 2 saturated heterocycles. The first-order valence-corrected chi connectivity index (χ1v) is 9.97. The maximum atomic E-state index is 12.8. The van der Waals surface area contributed by atoms with Crippen LogP contribution in [-0.2, 0) is 9.59 Å². The summed E-state index contributed by atoms with van der Waals surface area (Å²) >= 11 is 1.63. The van der Waals surface area contributed by atoms with E-state index < -0.39 is 11.6 Å². The highest BCUT2D eigenvalue weighted by Gasteiger charge is 2.44.